The third-order valence-corrected chi connectivity index (χ3v) is 4.19. The number of nitrogens with two attached hydrogens (primary N) is 2. The SMILES string of the molecule is NC(=O)c1ncn([C@@H]2O[C@@H](CNCc3ccccc3)[C@H](O)[C@@H]2O)c1N. The zero-order valence-corrected chi connectivity index (χ0v) is 13.4. The van der Waals surface area contributed by atoms with Crippen LogP contribution in [0.25, 0.3) is 0 Å². The molecule has 1 aliphatic rings. The van der Waals surface area contributed by atoms with E-state index in [2.05, 4.69) is 10.3 Å². The molecule has 2 aromatic rings. The lowest BCUT2D eigenvalue weighted by molar-refractivity contribution is -0.0351. The first-order valence-electron chi connectivity index (χ1n) is 7.87. The monoisotopic (exact) mass is 347 g/mol. The van der Waals surface area contributed by atoms with E-state index in [4.69, 9.17) is 16.2 Å². The van der Waals surface area contributed by atoms with Crippen LogP contribution in [0.1, 0.15) is 22.3 Å². The van der Waals surface area contributed by atoms with Gasteiger partial charge in [0.25, 0.3) is 5.91 Å². The second kappa shape index (κ2) is 7.19. The van der Waals surface area contributed by atoms with E-state index in [1.54, 1.807) is 0 Å². The van der Waals surface area contributed by atoms with E-state index >= 15 is 0 Å². The van der Waals surface area contributed by atoms with Crippen LogP contribution in [0.4, 0.5) is 5.82 Å². The van der Waals surface area contributed by atoms with Gasteiger partial charge in [-0.3, -0.25) is 9.36 Å². The molecule has 0 bridgehead atoms. The van der Waals surface area contributed by atoms with Gasteiger partial charge in [-0.25, -0.2) is 4.98 Å². The molecule has 134 valence electrons. The molecule has 25 heavy (non-hydrogen) atoms. The lowest BCUT2D eigenvalue weighted by Gasteiger charge is -2.17. The van der Waals surface area contributed by atoms with Gasteiger partial charge in [0.1, 0.15) is 24.1 Å². The van der Waals surface area contributed by atoms with E-state index < -0.39 is 30.4 Å². The molecule has 3 rings (SSSR count). The van der Waals surface area contributed by atoms with E-state index in [0.29, 0.717) is 13.1 Å². The van der Waals surface area contributed by atoms with Gasteiger partial charge in [0.2, 0.25) is 0 Å². The molecule has 0 unspecified atom stereocenters. The number of rotatable bonds is 6. The Morgan fingerprint density at radius 3 is 2.64 bits per heavy atom. The molecule has 4 atom stereocenters. The molecule has 1 fully saturated rings. The normalized spacial score (nSPS) is 26.0. The largest absolute Gasteiger partial charge is 0.387 e. The van der Waals surface area contributed by atoms with E-state index in [0.717, 1.165) is 5.56 Å². The topological polar surface area (TPSA) is 149 Å². The fourth-order valence-electron chi connectivity index (χ4n) is 2.85. The van der Waals surface area contributed by atoms with E-state index in [1.807, 2.05) is 30.3 Å². The van der Waals surface area contributed by atoms with Crippen molar-refractivity contribution in [1.29, 1.82) is 0 Å². The van der Waals surface area contributed by atoms with Gasteiger partial charge in [-0.05, 0) is 5.56 Å². The Bertz CT molecular complexity index is 735. The molecule has 1 aliphatic heterocycles. The number of nitrogen functional groups attached to an aromatic ring is 1. The van der Waals surface area contributed by atoms with E-state index in [1.165, 1.54) is 10.9 Å². The summed E-state index contributed by atoms with van der Waals surface area (Å²) in [4.78, 5) is 15.1. The second-order valence-corrected chi connectivity index (χ2v) is 5.91. The molecule has 0 radical (unpaired) electrons. The number of nitrogens with one attached hydrogen (secondary N) is 1. The molecule has 0 spiro atoms. The van der Waals surface area contributed by atoms with Crippen molar-refractivity contribution in [2.45, 2.75) is 31.1 Å². The van der Waals surface area contributed by atoms with Gasteiger partial charge in [0.15, 0.2) is 11.9 Å². The Labute approximate surface area is 144 Å². The minimum absolute atomic E-state index is 0.0124. The summed E-state index contributed by atoms with van der Waals surface area (Å²) in [7, 11) is 0. The van der Waals surface area contributed by atoms with Gasteiger partial charge in [-0.2, -0.15) is 0 Å². The number of benzene rings is 1. The maximum atomic E-state index is 11.2. The highest BCUT2D eigenvalue weighted by Crippen LogP contribution is 2.31. The number of aliphatic hydroxyl groups excluding tert-OH is 2. The van der Waals surface area contributed by atoms with Crippen molar-refractivity contribution in [3.63, 3.8) is 0 Å². The average Bonchev–Trinajstić information content (AvgIpc) is 3.11. The summed E-state index contributed by atoms with van der Waals surface area (Å²) in [5, 5.41) is 23.6. The first kappa shape index (κ1) is 17.4. The first-order chi connectivity index (χ1) is 12.0. The molecule has 9 heteroatoms. The van der Waals surface area contributed by atoms with Gasteiger partial charge in [-0.1, -0.05) is 30.3 Å². The number of primary amides is 1. The molecule has 1 aromatic heterocycles. The Morgan fingerprint density at radius 2 is 2.00 bits per heavy atom. The van der Waals surface area contributed by atoms with Gasteiger partial charge in [0, 0.05) is 13.1 Å². The van der Waals surface area contributed by atoms with Gasteiger partial charge in [0.05, 0.1) is 6.33 Å². The number of ether oxygens (including phenoxy) is 1. The van der Waals surface area contributed by atoms with Crippen molar-refractivity contribution < 1.29 is 19.7 Å². The number of aromatic nitrogens is 2. The summed E-state index contributed by atoms with van der Waals surface area (Å²) in [6.07, 6.45) is -2.63. The molecule has 2 heterocycles. The molecule has 7 N–H and O–H groups in total. The van der Waals surface area contributed by atoms with Crippen LogP contribution in [0, 0.1) is 0 Å². The predicted octanol–water partition coefficient (Wildman–Crippen LogP) is -1.03. The summed E-state index contributed by atoms with van der Waals surface area (Å²) < 4.78 is 7.01. The average molecular weight is 347 g/mol. The summed E-state index contributed by atoms with van der Waals surface area (Å²) in [6, 6.07) is 9.78. The third kappa shape index (κ3) is 3.49. The minimum atomic E-state index is -1.21. The third-order valence-electron chi connectivity index (χ3n) is 4.19. The number of carbonyl (C=O) groups is 1. The Morgan fingerprint density at radius 1 is 1.28 bits per heavy atom. The van der Waals surface area contributed by atoms with Gasteiger partial charge >= 0.3 is 0 Å². The maximum absolute atomic E-state index is 11.2. The van der Waals surface area contributed by atoms with Crippen LogP contribution in [0.2, 0.25) is 0 Å². The number of hydrogen-bond donors (Lipinski definition) is 5. The van der Waals surface area contributed by atoms with Gasteiger partial charge in [-0.15, -0.1) is 0 Å². The van der Waals surface area contributed by atoms with Crippen LogP contribution in [0.15, 0.2) is 36.7 Å². The van der Waals surface area contributed by atoms with Crippen LogP contribution in [0.5, 0.6) is 0 Å². The van der Waals surface area contributed by atoms with E-state index in [9.17, 15) is 15.0 Å². The van der Waals surface area contributed by atoms with Crippen molar-refractivity contribution in [3.8, 4) is 0 Å². The van der Waals surface area contributed by atoms with E-state index in [-0.39, 0.29) is 11.5 Å². The summed E-state index contributed by atoms with van der Waals surface area (Å²) in [5.74, 6) is -0.785. The van der Waals surface area contributed by atoms with Crippen molar-refractivity contribution >= 4 is 11.7 Å². The highest BCUT2D eigenvalue weighted by atomic mass is 16.6. The molecular weight excluding hydrogens is 326 g/mol. The van der Waals surface area contributed by atoms with Crippen molar-refractivity contribution in [1.82, 2.24) is 14.9 Å². The van der Waals surface area contributed by atoms with Crippen LogP contribution in [0.3, 0.4) is 0 Å². The number of aliphatic hydroxyl groups is 2. The highest BCUT2D eigenvalue weighted by molar-refractivity contribution is 5.95. The smallest absolute Gasteiger partial charge is 0.271 e. The highest BCUT2D eigenvalue weighted by Gasteiger charge is 2.44. The lowest BCUT2D eigenvalue weighted by atomic mass is 10.1. The quantitative estimate of drug-likeness (QED) is 0.449. The zero-order chi connectivity index (χ0) is 18.0. The number of carbonyl (C=O) groups excluding carboxylic acids is 1. The second-order valence-electron chi connectivity index (χ2n) is 5.91. The number of hydrogen-bond acceptors (Lipinski definition) is 7. The Balaban J connectivity index is 1.64. The van der Waals surface area contributed by atoms with Crippen LogP contribution >= 0.6 is 0 Å². The first-order valence-corrected chi connectivity index (χ1v) is 7.87. The molecule has 9 nitrogen and oxygen atoms in total. The number of nitrogens with zero attached hydrogens (tertiary/aromatic N) is 2. The minimum Gasteiger partial charge on any atom is -0.387 e. The van der Waals surface area contributed by atoms with Crippen LogP contribution in [-0.2, 0) is 11.3 Å². The molecule has 1 saturated heterocycles. The van der Waals surface area contributed by atoms with Crippen molar-refractivity contribution in [2.24, 2.45) is 5.73 Å². The van der Waals surface area contributed by atoms with Crippen molar-refractivity contribution in [3.05, 3.63) is 47.9 Å². The summed E-state index contributed by atoms with van der Waals surface area (Å²) in [6.45, 7) is 0.939. The fourth-order valence-corrected chi connectivity index (χ4v) is 2.85. The standard InChI is InChI=1S/C16H21N5O4/c17-14-11(15(18)24)20-8-21(14)16-13(23)12(22)10(25-16)7-19-6-9-4-2-1-3-5-9/h1-5,8,10,12-13,16,19,22-23H,6-7,17H2,(H2,18,24)/t10-,12-,13-,16+/m0/s1. The Kier molecular flexibility index (Phi) is 5.00. The van der Waals surface area contributed by atoms with Crippen molar-refractivity contribution in [2.75, 3.05) is 12.3 Å². The van der Waals surface area contributed by atoms with Gasteiger partial charge < -0.3 is 31.7 Å². The molecular formula is C16H21N5O4. The zero-order valence-electron chi connectivity index (χ0n) is 13.4. The molecule has 1 aromatic carbocycles. The number of imidazole rings is 1. The van der Waals surface area contributed by atoms with Crippen LogP contribution < -0.4 is 16.8 Å². The summed E-state index contributed by atoms with van der Waals surface area (Å²) >= 11 is 0. The molecule has 0 saturated carbocycles. The number of anilines is 1. The Hall–Kier alpha value is -2.46. The molecule has 0 aliphatic carbocycles. The molecule has 1 amide bonds. The summed E-state index contributed by atoms with van der Waals surface area (Å²) in [5.41, 5.74) is 12.0. The predicted molar refractivity (Wildman–Crippen MR) is 89.2 cm³/mol. The fraction of sp³-hybridized carbons (Fsp3) is 0.375. The lowest BCUT2D eigenvalue weighted by Crippen LogP contribution is -2.37. The number of amides is 1. The maximum Gasteiger partial charge on any atom is 0.271 e. The van der Waals surface area contributed by atoms with Crippen LogP contribution in [-0.4, -0.2) is 50.5 Å².